The van der Waals surface area contributed by atoms with E-state index in [2.05, 4.69) is 50.3 Å². The molecule has 0 fully saturated rings. The van der Waals surface area contributed by atoms with Crippen molar-refractivity contribution in [2.75, 3.05) is 0 Å². The highest BCUT2D eigenvalue weighted by Crippen LogP contribution is 2.39. The van der Waals surface area contributed by atoms with Gasteiger partial charge >= 0.3 is 0 Å². The highest BCUT2D eigenvalue weighted by Gasteiger charge is 2.30. The molecule has 1 heteroatoms. The lowest BCUT2D eigenvalue weighted by molar-refractivity contribution is 0.169. The minimum absolute atomic E-state index is 0.296. The number of para-hydroxylation sites is 1. The Morgan fingerprint density at radius 2 is 1.50 bits per heavy atom. The molecule has 0 bridgehead atoms. The van der Waals surface area contributed by atoms with Crippen molar-refractivity contribution in [2.24, 2.45) is 0 Å². The molecule has 1 aliphatic rings. The zero-order valence-electron chi connectivity index (χ0n) is 10.7. The van der Waals surface area contributed by atoms with Gasteiger partial charge in [0.15, 0.2) is 0 Å². The standard InChI is InChI=1S/C17H16O/c1-17(2)15(13-8-4-3-5-9-13)12-14-10-6-7-11-16(14)18-17/h3-12H,1-2H3. The van der Waals surface area contributed by atoms with Crippen molar-refractivity contribution in [1.82, 2.24) is 0 Å². The van der Waals surface area contributed by atoms with Crippen LogP contribution in [0.2, 0.25) is 0 Å². The van der Waals surface area contributed by atoms with Gasteiger partial charge < -0.3 is 4.74 Å². The van der Waals surface area contributed by atoms with Crippen molar-refractivity contribution in [1.29, 1.82) is 0 Å². The number of rotatable bonds is 1. The molecular weight excluding hydrogens is 220 g/mol. The molecule has 0 aliphatic carbocycles. The third-order valence-corrected chi connectivity index (χ3v) is 3.32. The van der Waals surface area contributed by atoms with Gasteiger partial charge in [0, 0.05) is 11.1 Å². The lowest BCUT2D eigenvalue weighted by Crippen LogP contribution is -2.32. The molecule has 0 unspecified atom stereocenters. The predicted octanol–water partition coefficient (Wildman–Crippen LogP) is 4.40. The normalized spacial score (nSPS) is 16.4. The lowest BCUT2D eigenvalue weighted by Gasteiger charge is -2.34. The van der Waals surface area contributed by atoms with Gasteiger partial charge in [-0.25, -0.2) is 0 Å². The van der Waals surface area contributed by atoms with E-state index >= 15 is 0 Å². The van der Waals surface area contributed by atoms with Crippen LogP contribution in [-0.2, 0) is 0 Å². The van der Waals surface area contributed by atoms with E-state index in [0.29, 0.717) is 0 Å². The van der Waals surface area contributed by atoms with Crippen LogP contribution < -0.4 is 4.74 Å². The van der Waals surface area contributed by atoms with E-state index in [0.717, 1.165) is 11.3 Å². The second kappa shape index (κ2) is 4.02. The smallest absolute Gasteiger partial charge is 0.129 e. The molecule has 2 aromatic rings. The van der Waals surface area contributed by atoms with Crippen molar-refractivity contribution in [3.05, 3.63) is 65.7 Å². The van der Waals surface area contributed by atoms with Gasteiger partial charge in [0.05, 0.1) is 0 Å². The third-order valence-electron chi connectivity index (χ3n) is 3.32. The fourth-order valence-corrected chi connectivity index (χ4v) is 2.40. The van der Waals surface area contributed by atoms with E-state index in [-0.39, 0.29) is 5.60 Å². The molecule has 1 heterocycles. The first-order valence-corrected chi connectivity index (χ1v) is 6.22. The molecule has 0 N–H and O–H groups in total. The second-order valence-electron chi connectivity index (χ2n) is 5.07. The molecule has 0 spiro atoms. The fourth-order valence-electron chi connectivity index (χ4n) is 2.40. The average molecular weight is 236 g/mol. The number of fused-ring (bicyclic) bond motifs is 1. The first-order valence-electron chi connectivity index (χ1n) is 6.22. The van der Waals surface area contributed by atoms with Gasteiger partial charge in [-0.05, 0) is 31.6 Å². The Hall–Kier alpha value is -2.02. The van der Waals surface area contributed by atoms with Crippen LogP contribution in [0.15, 0.2) is 54.6 Å². The summed E-state index contributed by atoms with van der Waals surface area (Å²) in [6.45, 7) is 4.23. The highest BCUT2D eigenvalue weighted by molar-refractivity contribution is 5.89. The fraction of sp³-hybridized carbons (Fsp3) is 0.176. The zero-order valence-corrected chi connectivity index (χ0v) is 10.7. The van der Waals surface area contributed by atoms with Crippen LogP contribution in [0.5, 0.6) is 5.75 Å². The number of benzene rings is 2. The minimum Gasteiger partial charge on any atom is -0.483 e. The van der Waals surface area contributed by atoms with Crippen molar-refractivity contribution < 1.29 is 4.74 Å². The van der Waals surface area contributed by atoms with Gasteiger partial charge in [0.25, 0.3) is 0 Å². The first kappa shape index (κ1) is 11.1. The van der Waals surface area contributed by atoms with Gasteiger partial charge in [-0.1, -0.05) is 48.5 Å². The summed E-state index contributed by atoms with van der Waals surface area (Å²) < 4.78 is 6.12. The van der Waals surface area contributed by atoms with Gasteiger partial charge in [-0.2, -0.15) is 0 Å². The molecular formula is C17H16O. The molecule has 1 nitrogen and oxygen atoms in total. The summed E-state index contributed by atoms with van der Waals surface area (Å²) in [5, 5.41) is 0. The summed E-state index contributed by atoms with van der Waals surface area (Å²) in [6.07, 6.45) is 2.23. The van der Waals surface area contributed by atoms with Crippen molar-refractivity contribution in [2.45, 2.75) is 19.4 Å². The average Bonchev–Trinajstić information content (AvgIpc) is 2.38. The summed E-state index contributed by atoms with van der Waals surface area (Å²) in [7, 11) is 0. The molecule has 18 heavy (non-hydrogen) atoms. The van der Waals surface area contributed by atoms with Crippen LogP contribution in [-0.4, -0.2) is 5.60 Å². The maximum atomic E-state index is 6.12. The zero-order chi connectivity index (χ0) is 12.6. The Morgan fingerprint density at radius 3 is 2.28 bits per heavy atom. The molecule has 3 rings (SSSR count). The Labute approximate surface area is 108 Å². The Balaban J connectivity index is 2.16. The predicted molar refractivity (Wildman–Crippen MR) is 75.5 cm³/mol. The first-order chi connectivity index (χ1) is 8.67. The van der Waals surface area contributed by atoms with E-state index in [4.69, 9.17) is 4.74 Å². The Morgan fingerprint density at radius 1 is 0.833 bits per heavy atom. The topological polar surface area (TPSA) is 9.23 Å². The Bertz CT molecular complexity index is 594. The van der Waals surface area contributed by atoms with Crippen LogP contribution in [0.3, 0.4) is 0 Å². The molecule has 1 aliphatic heterocycles. The largest absolute Gasteiger partial charge is 0.483 e. The molecule has 0 atom stereocenters. The maximum Gasteiger partial charge on any atom is 0.129 e. The van der Waals surface area contributed by atoms with Crippen LogP contribution in [0, 0.1) is 0 Å². The van der Waals surface area contributed by atoms with Gasteiger partial charge in [0.2, 0.25) is 0 Å². The quantitative estimate of drug-likeness (QED) is 0.713. The molecule has 2 aromatic carbocycles. The molecule has 0 saturated heterocycles. The molecule has 0 radical (unpaired) electrons. The van der Waals surface area contributed by atoms with Gasteiger partial charge in [-0.15, -0.1) is 0 Å². The SMILES string of the molecule is CC1(C)Oc2ccccc2C=C1c1ccccc1. The van der Waals surface area contributed by atoms with Crippen molar-refractivity contribution in [3.63, 3.8) is 0 Å². The van der Waals surface area contributed by atoms with Crippen LogP contribution in [0.25, 0.3) is 11.6 Å². The van der Waals surface area contributed by atoms with Gasteiger partial charge in [0.1, 0.15) is 11.4 Å². The van der Waals surface area contributed by atoms with E-state index in [1.807, 2.05) is 24.3 Å². The minimum atomic E-state index is -0.296. The highest BCUT2D eigenvalue weighted by atomic mass is 16.5. The monoisotopic (exact) mass is 236 g/mol. The summed E-state index contributed by atoms with van der Waals surface area (Å²) in [6, 6.07) is 18.6. The molecule has 90 valence electrons. The van der Waals surface area contributed by atoms with Crippen LogP contribution in [0.4, 0.5) is 0 Å². The summed E-state index contributed by atoms with van der Waals surface area (Å²) >= 11 is 0. The maximum absolute atomic E-state index is 6.12. The summed E-state index contributed by atoms with van der Waals surface area (Å²) in [5.74, 6) is 0.960. The van der Waals surface area contributed by atoms with E-state index in [1.165, 1.54) is 11.1 Å². The van der Waals surface area contributed by atoms with Crippen LogP contribution in [0.1, 0.15) is 25.0 Å². The Kier molecular flexibility index (Phi) is 2.48. The molecule has 0 aromatic heterocycles. The number of hydrogen-bond acceptors (Lipinski definition) is 1. The second-order valence-corrected chi connectivity index (χ2v) is 5.07. The molecule has 0 amide bonds. The summed E-state index contributed by atoms with van der Waals surface area (Å²) in [5.41, 5.74) is 3.30. The molecule has 0 saturated carbocycles. The lowest BCUT2D eigenvalue weighted by atomic mass is 9.87. The van der Waals surface area contributed by atoms with E-state index in [1.54, 1.807) is 0 Å². The third kappa shape index (κ3) is 1.82. The number of ether oxygens (including phenoxy) is 1. The van der Waals surface area contributed by atoms with Gasteiger partial charge in [-0.3, -0.25) is 0 Å². The van der Waals surface area contributed by atoms with Crippen molar-refractivity contribution >= 4 is 11.6 Å². The summed E-state index contributed by atoms with van der Waals surface area (Å²) in [4.78, 5) is 0. The van der Waals surface area contributed by atoms with Crippen molar-refractivity contribution in [3.8, 4) is 5.75 Å². The van der Waals surface area contributed by atoms with E-state index < -0.39 is 0 Å². The number of hydrogen-bond donors (Lipinski definition) is 0. The van der Waals surface area contributed by atoms with Crippen LogP contribution >= 0.6 is 0 Å². The van der Waals surface area contributed by atoms with E-state index in [9.17, 15) is 0 Å².